The van der Waals surface area contributed by atoms with Gasteiger partial charge in [-0.2, -0.15) is 0 Å². The first-order valence-electron chi connectivity index (χ1n) is 9.10. The number of hydrogen-bond acceptors (Lipinski definition) is 4. The summed E-state index contributed by atoms with van der Waals surface area (Å²) in [5.74, 6) is 1.63. The summed E-state index contributed by atoms with van der Waals surface area (Å²) in [4.78, 5) is 17.8. The molecule has 0 saturated heterocycles. The maximum absolute atomic E-state index is 13.0. The quantitative estimate of drug-likeness (QED) is 0.813. The van der Waals surface area contributed by atoms with Crippen LogP contribution in [0.2, 0.25) is 0 Å². The van der Waals surface area contributed by atoms with Crippen molar-refractivity contribution in [2.75, 3.05) is 13.7 Å². The molecule has 5 nitrogen and oxygen atoms in total. The first-order valence-corrected chi connectivity index (χ1v) is 9.10. The number of fused-ring (bicyclic) bond motifs is 1. The number of aliphatic hydroxyl groups excluding tert-OH is 1. The van der Waals surface area contributed by atoms with Gasteiger partial charge in [0.1, 0.15) is 5.75 Å². The first-order chi connectivity index (χ1) is 12.2. The lowest BCUT2D eigenvalue weighted by atomic mass is 10.0. The van der Waals surface area contributed by atoms with Crippen LogP contribution >= 0.6 is 0 Å². The van der Waals surface area contributed by atoms with Crippen molar-refractivity contribution in [2.24, 2.45) is 5.92 Å². The molecule has 2 N–H and O–H groups in total. The molecular weight excluding hydrogens is 316 g/mol. The van der Waals surface area contributed by atoms with Gasteiger partial charge in [0.05, 0.1) is 18.2 Å². The highest BCUT2D eigenvalue weighted by Gasteiger charge is 2.33. The maximum atomic E-state index is 13.0. The summed E-state index contributed by atoms with van der Waals surface area (Å²) in [6, 6.07) is 7.68. The first kappa shape index (κ1) is 16.3. The van der Waals surface area contributed by atoms with Gasteiger partial charge in [-0.1, -0.05) is 0 Å². The Morgan fingerprint density at radius 2 is 2.12 bits per heavy atom. The molecule has 2 aromatic rings. The Kier molecular flexibility index (Phi) is 4.34. The van der Waals surface area contributed by atoms with Crippen LogP contribution in [0, 0.1) is 5.92 Å². The summed E-state index contributed by atoms with van der Waals surface area (Å²) in [5.41, 5.74) is 2.50. The standard InChI is InChI=1S/C20H24N2O3/c1-25-14-6-7-18-15(10-14)16(11-19(21-18)13-4-5-13)20(24)22-17(8-9-23)12-2-3-12/h6-7,10-13,17,23H,2-5,8-9H2,1H3,(H,22,24). The summed E-state index contributed by atoms with van der Waals surface area (Å²) in [6.45, 7) is 0.0969. The van der Waals surface area contributed by atoms with E-state index < -0.39 is 0 Å². The second-order valence-electron chi connectivity index (χ2n) is 7.18. The molecule has 4 rings (SSSR count). The van der Waals surface area contributed by atoms with Gasteiger partial charge >= 0.3 is 0 Å². The molecule has 2 aliphatic carbocycles. The third kappa shape index (κ3) is 3.47. The zero-order chi connectivity index (χ0) is 17.4. The molecule has 1 atom stereocenters. The predicted molar refractivity (Wildman–Crippen MR) is 96.0 cm³/mol. The summed E-state index contributed by atoms with van der Waals surface area (Å²) in [7, 11) is 1.62. The third-order valence-electron chi connectivity index (χ3n) is 5.22. The van der Waals surface area contributed by atoms with Gasteiger partial charge in [-0.05, 0) is 62.3 Å². The normalized spacial score (nSPS) is 18.2. The minimum absolute atomic E-state index is 0.0516. The molecule has 1 aromatic heterocycles. The number of ether oxygens (including phenoxy) is 1. The van der Waals surface area contributed by atoms with Gasteiger partial charge in [0.15, 0.2) is 0 Å². The lowest BCUT2D eigenvalue weighted by molar-refractivity contribution is 0.0926. The highest BCUT2D eigenvalue weighted by molar-refractivity contribution is 6.06. The van der Waals surface area contributed by atoms with Gasteiger partial charge in [-0.3, -0.25) is 9.78 Å². The fraction of sp³-hybridized carbons (Fsp3) is 0.500. The van der Waals surface area contributed by atoms with E-state index in [9.17, 15) is 9.90 Å². The van der Waals surface area contributed by atoms with E-state index in [1.165, 1.54) is 0 Å². The molecule has 2 fully saturated rings. The Balaban J connectivity index is 1.71. The molecule has 1 heterocycles. The van der Waals surface area contributed by atoms with Crippen molar-refractivity contribution in [3.8, 4) is 5.75 Å². The largest absolute Gasteiger partial charge is 0.497 e. The lowest BCUT2D eigenvalue weighted by Crippen LogP contribution is -2.37. The number of nitrogens with one attached hydrogen (secondary N) is 1. The number of amides is 1. The van der Waals surface area contributed by atoms with Gasteiger partial charge in [0, 0.05) is 29.6 Å². The number of pyridine rings is 1. The number of aromatic nitrogens is 1. The average Bonchev–Trinajstić information content (AvgIpc) is 3.51. The van der Waals surface area contributed by atoms with E-state index in [4.69, 9.17) is 9.72 Å². The van der Waals surface area contributed by atoms with Gasteiger partial charge < -0.3 is 15.2 Å². The van der Waals surface area contributed by atoms with Crippen LogP contribution in [0.1, 0.15) is 54.1 Å². The summed E-state index contributed by atoms with van der Waals surface area (Å²) >= 11 is 0. The topological polar surface area (TPSA) is 71.5 Å². The van der Waals surface area contributed by atoms with Crippen molar-refractivity contribution < 1.29 is 14.6 Å². The van der Waals surface area contributed by atoms with E-state index in [-0.39, 0.29) is 18.6 Å². The second kappa shape index (κ2) is 6.64. The molecule has 0 bridgehead atoms. The number of aliphatic hydroxyl groups is 1. The molecule has 25 heavy (non-hydrogen) atoms. The van der Waals surface area contributed by atoms with Crippen LogP contribution in [0.15, 0.2) is 24.3 Å². The number of carbonyl (C=O) groups excluding carboxylic acids is 1. The molecule has 132 valence electrons. The number of nitrogens with zero attached hydrogens (tertiary/aromatic N) is 1. The highest BCUT2D eigenvalue weighted by Crippen LogP contribution is 2.40. The molecule has 1 unspecified atom stereocenters. The minimum Gasteiger partial charge on any atom is -0.497 e. The molecule has 2 aliphatic rings. The van der Waals surface area contributed by atoms with Gasteiger partial charge in [-0.25, -0.2) is 0 Å². The zero-order valence-electron chi connectivity index (χ0n) is 14.5. The molecule has 0 spiro atoms. The van der Waals surface area contributed by atoms with Crippen LogP contribution in [0.5, 0.6) is 5.75 Å². The van der Waals surface area contributed by atoms with Crippen LogP contribution in [-0.2, 0) is 0 Å². The third-order valence-corrected chi connectivity index (χ3v) is 5.22. The van der Waals surface area contributed by atoms with Gasteiger partial charge in [-0.15, -0.1) is 0 Å². The zero-order valence-corrected chi connectivity index (χ0v) is 14.5. The molecule has 5 heteroatoms. The number of carbonyl (C=O) groups is 1. The summed E-state index contributed by atoms with van der Waals surface area (Å²) in [5, 5.41) is 13.2. The minimum atomic E-state index is -0.0760. The number of methoxy groups -OCH3 is 1. The van der Waals surface area contributed by atoms with Gasteiger partial charge in [0.25, 0.3) is 5.91 Å². The van der Waals surface area contributed by atoms with Crippen LogP contribution in [0.4, 0.5) is 0 Å². The molecule has 1 aromatic carbocycles. The summed E-state index contributed by atoms with van der Waals surface area (Å²) < 4.78 is 5.32. The Morgan fingerprint density at radius 1 is 1.32 bits per heavy atom. The van der Waals surface area contributed by atoms with Crippen molar-refractivity contribution in [1.82, 2.24) is 10.3 Å². The van der Waals surface area contributed by atoms with Crippen LogP contribution < -0.4 is 10.1 Å². The summed E-state index contributed by atoms with van der Waals surface area (Å²) in [6.07, 6.45) is 5.15. The van der Waals surface area contributed by atoms with Gasteiger partial charge in [0.2, 0.25) is 0 Å². The van der Waals surface area contributed by atoms with E-state index in [0.29, 0.717) is 23.8 Å². The second-order valence-corrected chi connectivity index (χ2v) is 7.18. The van der Waals surface area contributed by atoms with Crippen molar-refractivity contribution in [1.29, 1.82) is 0 Å². The monoisotopic (exact) mass is 340 g/mol. The van der Waals surface area contributed by atoms with E-state index in [1.54, 1.807) is 7.11 Å². The molecule has 0 aliphatic heterocycles. The number of hydrogen-bond donors (Lipinski definition) is 2. The highest BCUT2D eigenvalue weighted by atomic mass is 16.5. The van der Waals surface area contributed by atoms with E-state index in [1.807, 2.05) is 24.3 Å². The predicted octanol–water partition coefficient (Wildman–Crippen LogP) is 3.01. The average molecular weight is 340 g/mol. The van der Waals surface area contributed by atoms with E-state index in [0.717, 1.165) is 48.0 Å². The molecule has 1 amide bonds. The molecular formula is C20H24N2O3. The van der Waals surface area contributed by atoms with E-state index >= 15 is 0 Å². The number of benzene rings is 1. The van der Waals surface area contributed by atoms with Crippen LogP contribution in [0.25, 0.3) is 10.9 Å². The smallest absolute Gasteiger partial charge is 0.252 e. The Morgan fingerprint density at radius 3 is 2.76 bits per heavy atom. The SMILES string of the molecule is COc1ccc2nc(C3CC3)cc(C(=O)NC(CCO)C3CC3)c2c1. The van der Waals surface area contributed by atoms with Crippen molar-refractivity contribution in [3.05, 3.63) is 35.5 Å². The Labute approximate surface area is 147 Å². The molecule has 2 saturated carbocycles. The molecule has 0 radical (unpaired) electrons. The van der Waals surface area contributed by atoms with Crippen LogP contribution in [0.3, 0.4) is 0 Å². The Bertz CT molecular complexity index is 797. The number of rotatable bonds is 7. The lowest BCUT2D eigenvalue weighted by Gasteiger charge is -2.18. The van der Waals surface area contributed by atoms with Crippen LogP contribution in [-0.4, -0.2) is 35.8 Å². The van der Waals surface area contributed by atoms with Crippen molar-refractivity contribution >= 4 is 16.8 Å². The maximum Gasteiger partial charge on any atom is 0.252 e. The van der Waals surface area contributed by atoms with Crippen molar-refractivity contribution in [3.63, 3.8) is 0 Å². The van der Waals surface area contributed by atoms with Crippen molar-refractivity contribution in [2.45, 2.75) is 44.1 Å². The van der Waals surface area contributed by atoms with E-state index in [2.05, 4.69) is 5.32 Å². The fourth-order valence-electron chi connectivity index (χ4n) is 3.44. The fourth-order valence-corrected chi connectivity index (χ4v) is 3.44. The Hall–Kier alpha value is -2.14.